The molecule has 5 nitrogen and oxygen atoms in total. The third-order valence-electron chi connectivity index (χ3n) is 4.10. The normalized spacial score (nSPS) is 25.3. The van der Waals surface area contributed by atoms with Gasteiger partial charge in [0.1, 0.15) is 11.2 Å². The van der Waals surface area contributed by atoms with Crippen molar-refractivity contribution in [3.8, 4) is 0 Å². The third kappa shape index (κ3) is 2.57. The molecule has 1 aliphatic rings. The quantitative estimate of drug-likeness (QED) is 0.387. The van der Waals surface area contributed by atoms with E-state index in [1.54, 1.807) is 17.0 Å². The van der Waals surface area contributed by atoms with Gasteiger partial charge in [-0.2, -0.15) is 0 Å². The summed E-state index contributed by atoms with van der Waals surface area (Å²) in [5, 5.41) is 12.0. The highest BCUT2D eigenvalue weighted by atomic mass is 19.1. The number of carbonyl (C=O) groups is 1. The molecule has 1 aromatic carbocycles. The zero-order chi connectivity index (χ0) is 15.6. The second-order valence-corrected chi connectivity index (χ2v) is 5.61. The van der Waals surface area contributed by atoms with Crippen molar-refractivity contribution in [2.45, 2.75) is 26.7 Å². The van der Waals surface area contributed by atoms with Gasteiger partial charge < -0.3 is 15.8 Å². The summed E-state index contributed by atoms with van der Waals surface area (Å²) in [5.74, 6) is -0.261. The Labute approximate surface area is 123 Å². The second-order valence-electron chi connectivity index (χ2n) is 5.61. The molecule has 114 valence electrons. The first-order valence-electron chi connectivity index (χ1n) is 7.00. The monoisotopic (exact) mass is 293 g/mol. The Hall–Kier alpha value is -2.11. The highest BCUT2D eigenvalue weighted by Crippen LogP contribution is 2.47. The molecule has 21 heavy (non-hydrogen) atoms. The predicted octanol–water partition coefficient (Wildman–Crippen LogP) is 2.34. The van der Waals surface area contributed by atoms with Gasteiger partial charge in [-0.05, 0) is 49.9 Å². The van der Waals surface area contributed by atoms with Crippen LogP contribution in [0.15, 0.2) is 29.4 Å². The van der Waals surface area contributed by atoms with Crippen molar-refractivity contribution in [1.82, 2.24) is 0 Å². The molecule has 0 heterocycles. The zero-order valence-corrected chi connectivity index (χ0v) is 12.2. The number of carbonyl (C=O) groups excluding carboxylic acids is 1. The van der Waals surface area contributed by atoms with Crippen LogP contribution in [-0.2, 0) is 4.79 Å². The van der Waals surface area contributed by atoms with Crippen LogP contribution in [0.2, 0.25) is 0 Å². The Balaban J connectivity index is 2.33. The molecule has 6 heteroatoms. The molecule has 0 unspecified atom stereocenters. The number of anilines is 1. The van der Waals surface area contributed by atoms with Crippen LogP contribution < -0.4 is 10.6 Å². The lowest BCUT2D eigenvalue weighted by Gasteiger charge is -2.46. The number of rotatable bonds is 4. The molecule has 3 N–H and O–H groups in total. The fraction of sp³-hybridized carbons (Fsp3) is 0.467. The molecule has 1 fully saturated rings. The Morgan fingerprint density at radius 2 is 2.05 bits per heavy atom. The van der Waals surface area contributed by atoms with Gasteiger partial charge in [0.15, 0.2) is 5.84 Å². The smallest absolute Gasteiger partial charge is 0.240 e. The summed E-state index contributed by atoms with van der Waals surface area (Å²) in [7, 11) is 0. The largest absolute Gasteiger partial charge is 0.409 e. The average molecular weight is 293 g/mol. The number of hydrogen-bond acceptors (Lipinski definition) is 3. The minimum absolute atomic E-state index is 0.0499. The summed E-state index contributed by atoms with van der Waals surface area (Å²) in [5.41, 5.74) is 5.42. The van der Waals surface area contributed by atoms with Gasteiger partial charge in [-0.15, -0.1) is 0 Å². The van der Waals surface area contributed by atoms with Gasteiger partial charge in [-0.3, -0.25) is 4.79 Å². The van der Waals surface area contributed by atoms with Gasteiger partial charge >= 0.3 is 0 Å². The summed E-state index contributed by atoms with van der Waals surface area (Å²) < 4.78 is 13.0. The summed E-state index contributed by atoms with van der Waals surface area (Å²) in [6, 6.07) is 5.73. The number of amidine groups is 1. The summed E-state index contributed by atoms with van der Waals surface area (Å²) in [4.78, 5) is 14.4. The van der Waals surface area contributed by atoms with Crippen LogP contribution in [-0.4, -0.2) is 23.5 Å². The lowest BCUT2D eigenvalue weighted by atomic mass is 9.61. The first-order valence-corrected chi connectivity index (χ1v) is 7.00. The molecular weight excluding hydrogens is 273 g/mol. The minimum Gasteiger partial charge on any atom is -0.409 e. The Bertz CT molecular complexity index is 551. The molecule has 1 aliphatic carbocycles. The van der Waals surface area contributed by atoms with Gasteiger partial charge in [-0.1, -0.05) is 12.1 Å². The number of nitrogens with two attached hydrogens (primary N) is 1. The zero-order valence-electron chi connectivity index (χ0n) is 12.2. The van der Waals surface area contributed by atoms with E-state index in [0.717, 1.165) is 0 Å². The summed E-state index contributed by atoms with van der Waals surface area (Å²) >= 11 is 0. The van der Waals surface area contributed by atoms with Gasteiger partial charge in [0.25, 0.3) is 0 Å². The molecule has 0 radical (unpaired) electrons. The van der Waals surface area contributed by atoms with E-state index in [2.05, 4.69) is 5.16 Å². The van der Waals surface area contributed by atoms with Crippen molar-refractivity contribution in [1.29, 1.82) is 0 Å². The van der Waals surface area contributed by atoms with E-state index in [1.165, 1.54) is 12.1 Å². The van der Waals surface area contributed by atoms with Crippen LogP contribution >= 0.6 is 0 Å². The number of oxime groups is 1. The van der Waals surface area contributed by atoms with Crippen LogP contribution in [0.1, 0.15) is 26.7 Å². The number of hydrogen-bond donors (Lipinski definition) is 2. The lowest BCUT2D eigenvalue weighted by molar-refractivity contribution is -0.130. The van der Waals surface area contributed by atoms with Crippen LogP contribution in [0.3, 0.4) is 0 Å². The topological polar surface area (TPSA) is 78.9 Å². The molecule has 1 amide bonds. The maximum absolute atomic E-state index is 13.0. The van der Waals surface area contributed by atoms with Crippen LogP contribution in [0.25, 0.3) is 0 Å². The Morgan fingerprint density at radius 1 is 1.48 bits per heavy atom. The van der Waals surface area contributed by atoms with E-state index in [9.17, 15) is 9.18 Å². The van der Waals surface area contributed by atoms with Crippen molar-refractivity contribution < 1.29 is 14.4 Å². The average Bonchev–Trinajstić information content (AvgIpc) is 2.45. The highest BCUT2D eigenvalue weighted by molar-refractivity contribution is 6.13. The SMILES string of the molecule is CCN(C(=O)C1(/C(N)=N/O)CC(C)C1)c1ccc(F)cc1. The molecule has 0 aromatic heterocycles. The molecular formula is C15H20FN3O2. The van der Waals surface area contributed by atoms with Crippen molar-refractivity contribution in [2.24, 2.45) is 22.2 Å². The maximum Gasteiger partial charge on any atom is 0.240 e. The first kappa shape index (κ1) is 15.3. The van der Waals surface area contributed by atoms with Gasteiger partial charge in [-0.25, -0.2) is 4.39 Å². The molecule has 0 bridgehead atoms. The van der Waals surface area contributed by atoms with E-state index in [1.807, 2.05) is 13.8 Å². The molecule has 1 aromatic rings. The number of amides is 1. The van der Waals surface area contributed by atoms with Crippen LogP contribution in [0, 0.1) is 17.2 Å². The van der Waals surface area contributed by atoms with E-state index < -0.39 is 5.41 Å². The summed E-state index contributed by atoms with van der Waals surface area (Å²) in [6.07, 6.45) is 1.11. The van der Waals surface area contributed by atoms with Gasteiger partial charge in [0.2, 0.25) is 5.91 Å². The molecule has 0 aliphatic heterocycles. The number of nitrogens with zero attached hydrogens (tertiary/aromatic N) is 2. The van der Waals surface area contributed by atoms with Crippen molar-refractivity contribution >= 4 is 17.4 Å². The molecule has 2 rings (SSSR count). The van der Waals surface area contributed by atoms with Crippen molar-refractivity contribution in [3.63, 3.8) is 0 Å². The van der Waals surface area contributed by atoms with E-state index >= 15 is 0 Å². The standard InChI is InChI=1S/C15H20FN3O2/c1-3-19(12-6-4-11(16)5-7-12)14(20)15(13(17)18-21)8-10(2)9-15/h4-7,10,21H,3,8-9H2,1-2H3,(H2,17,18). The third-order valence-corrected chi connectivity index (χ3v) is 4.10. The minimum atomic E-state index is -0.946. The summed E-state index contributed by atoms with van der Waals surface area (Å²) in [6.45, 7) is 4.28. The van der Waals surface area contributed by atoms with Gasteiger partial charge in [0, 0.05) is 12.2 Å². The molecule has 0 atom stereocenters. The van der Waals surface area contributed by atoms with Crippen LogP contribution in [0.4, 0.5) is 10.1 Å². The lowest BCUT2D eigenvalue weighted by Crippen LogP contribution is -2.58. The van der Waals surface area contributed by atoms with E-state index in [-0.39, 0.29) is 17.6 Å². The van der Waals surface area contributed by atoms with Gasteiger partial charge in [0.05, 0.1) is 0 Å². The van der Waals surface area contributed by atoms with E-state index in [4.69, 9.17) is 10.9 Å². The molecule has 0 saturated heterocycles. The molecule has 0 spiro atoms. The number of halogens is 1. The predicted molar refractivity (Wildman–Crippen MR) is 78.7 cm³/mol. The Kier molecular flexibility index (Phi) is 4.16. The van der Waals surface area contributed by atoms with Crippen molar-refractivity contribution in [3.05, 3.63) is 30.1 Å². The Morgan fingerprint density at radius 3 is 2.48 bits per heavy atom. The van der Waals surface area contributed by atoms with Crippen molar-refractivity contribution in [2.75, 3.05) is 11.4 Å². The fourth-order valence-corrected chi connectivity index (χ4v) is 3.04. The number of benzene rings is 1. The molecule has 1 saturated carbocycles. The first-order chi connectivity index (χ1) is 9.94. The van der Waals surface area contributed by atoms with E-state index in [0.29, 0.717) is 31.0 Å². The highest BCUT2D eigenvalue weighted by Gasteiger charge is 2.53. The van der Waals surface area contributed by atoms with Crippen LogP contribution in [0.5, 0.6) is 0 Å². The maximum atomic E-state index is 13.0. The fourth-order valence-electron chi connectivity index (χ4n) is 3.04. The second kappa shape index (κ2) is 5.71.